The Morgan fingerprint density at radius 1 is 1.16 bits per heavy atom. The van der Waals surface area contributed by atoms with E-state index in [1.54, 1.807) is 0 Å². The first-order valence-corrected chi connectivity index (χ1v) is 12.2. The number of sulfonamides is 1. The molecule has 2 heterocycles. The predicted molar refractivity (Wildman–Crippen MR) is 117 cm³/mol. The zero-order valence-electron chi connectivity index (χ0n) is 17.7. The molecule has 8 nitrogen and oxygen atoms in total. The molecule has 0 radical (unpaired) electrons. The van der Waals surface area contributed by atoms with Gasteiger partial charge >= 0.3 is 0 Å². The van der Waals surface area contributed by atoms with E-state index in [2.05, 4.69) is 17.2 Å². The molecule has 0 saturated carbocycles. The van der Waals surface area contributed by atoms with E-state index >= 15 is 0 Å². The van der Waals surface area contributed by atoms with Crippen molar-refractivity contribution in [1.82, 2.24) is 14.9 Å². The number of nitrogens with one attached hydrogen (secondary N) is 2. The molecule has 1 atom stereocenters. The quantitative estimate of drug-likeness (QED) is 0.588. The van der Waals surface area contributed by atoms with Gasteiger partial charge in [-0.1, -0.05) is 6.58 Å². The Balaban J connectivity index is 1.55. The van der Waals surface area contributed by atoms with E-state index in [9.17, 15) is 18.0 Å². The van der Waals surface area contributed by atoms with Crippen LogP contribution in [-0.2, 0) is 19.6 Å². The van der Waals surface area contributed by atoms with Gasteiger partial charge in [-0.05, 0) is 68.4 Å². The van der Waals surface area contributed by atoms with Crippen LogP contribution in [0.5, 0.6) is 0 Å². The predicted octanol–water partition coefficient (Wildman–Crippen LogP) is 1.69. The molecule has 2 N–H and O–H groups in total. The van der Waals surface area contributed by atoms with E-state index in [1.807, 2.05) is 0 Å². The van der Waals surface area contributed by atoms with Gasteiger partial charge in [0.2, 0.25) is 15.9 Å². The third-order valence-corrected chi connectivity index (χ3v) is 7.73. The van der Waals surface area contributed by atoms with Crippen molar-refractivity contribution in [3.63, 3.8) is 0 Å². The Labute approximate surface area is 184 Å². The van der Waals surface area contributed by atoms with Gasteiger partial charge in [0.05, 0.1) is 4.90 Å². The molecule has 2 aliphatic heterocycles. The molecule has 0 spiro atoms. The normalized spacial score (nSPS) is 20.7. The molecule has 0 aromatic heterocycles. The number of ether oxygens (including phenoxy) is 1. The Bertz CT molecular complexity index is 879. The third-order valence-electron chi connectivity index (χ3n) is 5.85. The molecule has 3 rings (SSSR count). The van der Waals surface area contributed by atoms with E-state index < -0.39 is 10.0 Å². The lowest BCUT2D eigenvalue weighted by atomic mass is 9.97. The van der Waals surface area contributed by atoms with Crippen LogP contribution in [-0.4, -0.2) is 63.4 Å². The summed E-state index contributed by atoms with van der Waals surface area (Å²) < 4.78 is 32.7. The van der Waals surface area contributed by atoms with Crippen LogP contribution in [0.15, 0.2) is 41.8 Å². The highest BCUT2D eigenvalue weighted by Gasteiger charge is 2.30. The van der Waals surface area contributed by atoms with Crippen LogP contribution in [0.25, 0.3) is 0 Å². The van der Waals surface area contributed by atoms with Crippen LogP contribution in [0.4, 0.5) is 0 Å². The zero-order chi connectivity index (χ0) is 22.3. The van der Waals surface area contributed by atoms with Crippen molar-refractivity contribution in [2.24, 2.45) is 5.92 Å². The van der Waals surface area contributed by atoms with Gasteiger partial charge in [0.15, 0.2) is 0 Å². The Kier molecular flexibility index (Phi) is 8.22. The minimum atomic E-state index is -3.70. The fraction of sp³-hybridized carbons (Fsp3) is 0.545. The van der Waals surface area contributed by atoms with Crippen LogP contribution >= 0.6 is 0 Å². The van der Waals surface area contributed by atoms with Gasteiger partial charge in [0, 0.05) is 44.5 Å². The standard InChI is InChI=1S/C22H31N3O5S/c1-2-21(26)24-19-4-3-13-25(16-19)31(28,29)20-7-5-18(6-8-20)22(27)23-12-9-17-10-14-30-15-11-17/h2,5-8,17,19H,1,3-4,9-16H2,(H,23,27)(H,24,26)/t19-/m0/s1. The molecule has 0 bridgehead atoms. The Morgan fingerprint density at radius 3 is 2.55 bits per heavy atom. The summed E-state index contributed by atoms with van der Waals surface area (Å²) >= 11 is 0. The fourth-order valence-corrected chi connectivity index (χ4v) is 5.52. The first-order valence-electron chi connectivity index (χ1n) is 10.8. The maximum Gasteiger partial charge on any atom is 0.251 e. The third kappa shape index (κ3) is 6.38. The molecule has 31 heavy (non-hydrogen) atoms. The van der Waals surface area contributed by atoms with Crippen LogP contribution in [0, 0.1) is 5.92 Å². The first kappa shape index (κ1) is 23.4. The summed E-state index contributed by atoms with van der Waals surface area (Å²) in [5.74, 6) is 0.0591. The number of carbonyl (C=O) groups excluding carboxylic acids is 2. The van der Waals surface area contributed by atoms with Crippen molar-refractivity contribution in [2.45, 2.75) is 43.0 Å². The molecule has 1 aromatic carbocycles. The highest BCUT2D eigenvalue weighted by atomic mass is 32.2. The number of rotatable bonds is 8. The molecule has 2 saturated heterocycles. The number of nitrogens with zero attached hydrogens (tertiary/aromatic N) is 1. The van der Waals surface area contributed by atoms with Crippen LogP contribution < -0.4 is 10.6 Å². The van der Waals surface area contributed by atoms with E-state index in [4.69, 9.17) is 4.74 Å². The number of amides is 2. The van der Waals surface area contributed by atoms with E-state index in [-0.39, 0.29) is 29.3 Å². The summed E-state index contributed by atoms with van der Waals surface area (Å²) in [4.78, 5) is 24.1. The first-order chi connectivity index (χ1) is 14.9. The average Bonchev–Trinajstić information content (AvgIpc) is 2.80. The molecule has 9 heteroatoms. The summed E-state index contributed by atoms with van der Waals surface area (Å²) in [6, 6.07) is 5.77. The summed E-state index contributed by atoms with van der Waals surface area (Å²) in [7, 11) is -3.70. The number of benzene rings is 1. The minimum absolute atomic E-state index is 0.141. The highest BCUT2D eigenvalue weighted by molar-refractivity contribution is 7.89. The zero-order valence-corrected chi connectivity index (χ0v) is 18.5. The largest absolute Gasteiger partial charge is 0.381 e. The van der Waals surface area contributed by atoms with Crippen molar-refractivity contribution < 1.29 is 22.7 Å². The SMILES string of the molecule is C=CC(=O)N[C@H]1CCCN(S(=O)(=O)c2ccc(C(=O)NCCC3CCOCC3)cc2)C1. The van der Waals surface area contributed by atoms with Crippen LogP contribution in [0.2, 0.25) is 0 Å². The molecular weight excluding hydrogens is 418 g/mol. The van der Waals surface area contributed by atoms with E-state index in [1.165, 1.54) is 34.6 Å². The van der Waals surface area contributed by atoms with Crippen LogP contribution in [0.3, 0.4) is 0 Å². The lowest BCUT2D eigenvalue weighted by Gasteiger charge is -2.32. The molecule has 2 aliphatic rings. The van der Waals surface area contributed by atoms with Gasteiger partial charge in [-0.2, -0.15) is 4.31 Å². The smallest absolute Gasteiger partial charge is 0.251 e. The maximum absolute atomic E-state index is 13.0. The van der Waals surface area contributed by atoms with Crippen molar-refractivity contribution in [2.75, 3.05) is 32.8 Å². The molecular formula is C22H31N3O5S. The van der Waals surface area contributed by atoms with Crippen LogP contribution in [0.1, 0.15) is 42.5 Å². The molecule has 0 unspecified atom stereocenters. The maximum atomic E-state index is 13.0. The summed E-state index contributed by atoms with van der Waals surface area (Å²) in [5, 5.41) is 5.68. The van der Waals surface area contributed by atoms with Gasteiger partial charge in [-0.15, -0.1) is 0 Å². The number of piperidine rings is 1. The van der Waals surface area contributed by atoms with E-state index in [0.717, 1.165) is 38.9 Å². The van der Waals surface area contributed by atoms with Crippen molar-refractivity contribution >= 4 is 21.8 Å². The second-order valence-electron chi connectivity index (χ2n) is 8.04. The van der Waals surface area contributed by atoms with Gasteiger partial charge < -0.3 is 15.4 Å². The van der Waals surface area contributed by atoms with Gasteiger partial charge in [0.1, 0.15) is 0 Å². The molecule has 1 aromatic rings. The number of hydrogen-bond acceptors (Lipinski definition) is 5. The highest BCUT2D eigenvalue weighted by Crippen LogP contribution is 2.22. The van der Waals surface area contributed by atoms with Gasteiger partial charge in [-0.3, -0.25) is 9.59 Å². The average molecular weight is 450 g/mol. The summed E-state index contributed by atoms with van der Waals surface area (Å²) in [5.41, 5.74) is 0.431. The van der Waals surface area contributed by atoms with Crippen molar-refractivity contribution in [1.29, 1.82) is 0 Å². The molecule has 2 fully saturated rings. The lowest BCUT2D eigenvalue weighted by Crippen LogP contribution is -2.49. The number of carbonyl (C=O) groups is 2. The Hall–Kier alpha value is -2.23. The Morgan fingerprint density at radius 2 is 1.87 bits per heavy atom. The topological polar surface area (TPSA) is 105 Å². The number of hydrogen-bond donors (Lipinski definition) is 2. The fourth-order valence-electron chi connectivity index (χ4n) is 3.99. The van der Waals surface area contributed by atoms with Crippen molar-refractivity contribution in [3.8, 4) is 0 Å². The second kappa shape index (κ2) is 10.9. The lowest BCUT2D eigenvalue weighted by molar-refractivity contribution is -0.117. The molecule has 170 valence electrons. The summed E-state index contributed by atoms with van der Waals surface area (Å²) in [6.07, 6.45) is 5.53. The van der Waals surface area contributed by atoms with Gasteiger partial charge in [-0.25, -0.2) is 8.42 Å². The van der Waals surface area contributed by atoms with Gasteiger partial charge in [0.25, 0.3) is 5.91 Å². The summed E-state index contributed by atoms with van der Waals surface area (Å²) in [6.45, 7) is 6.20. The monoisotopic (exact) mass is 449 g/mol. The second-order valence-corrected chi connectivity index (χ2v) is 9.98. The van der Waals surface area contributed by atoms with E-state index in [0.29, 0.717) is 31.0 Å². The molecule has 0 aliphatic carbocycles. The minimum Gasteiger partial charge on any atom is -0.381 e. The molecule has 2 amide bonds. The van der Waals surface area contributed by atoms with Crippen molar-refractivity contribution in [3.05, 3.63) is 42.5 Å².